The van der Waals surface area contributed by atoms with Crippen molar-refractivity contribution in [3.05, 3.63) is 30.1 Å². The number of aromatic nitrogens is 2. The second-order valence-corrected chi connectivity index (χ2v) is 4.59. The molecular weight excluding hydrogens is 200 g/mol. The fraction of sp³-hybridized carbons (Fsp3) is 0.417. The van der Waals surface area contributed by atoms with Crippen LogP contribution >= 0.6 is 0 Å². The summed E-state index contributed by atoms with van der Waals surface area (Å²) < 4.78 is 0. The van der Waals surface area contributed by atoms with Crippen molar-refractivity contribution >= 4 is 11.0 Å². The van der Waals surface area contributed by atoms with E-state index in [-0.39, 0.29) is 6.04 Å². The highest BCUT2D eigenvalue weighted by molar-refractivity contribution is 5.74. The van der Waals surface area contributed by atoms with E-state index in [0.717, 1.165) is 29.8 Å². The summed E-state index contributed by atoms with van der Waals surface area (Å²) in [5, 5.41) is 0. The summed E-state index contributed by atoms with van der Waals surface area (Å²) in [6, 6.07) is 8.72. The van der Waals surface area contributed by atoms with Crippen molar-refractivity contribution < 1.29 is 0 Å². The first-order valence-corrected chi connectivity index (χ1v) is 5.64. The second kappa shape index (κ2) is 3.57. The van der Waals surface area contributed by atoms with Crippen LogP contribution in [0.2, 0.25) is 0 Å². The third kappa shape index (κ3) is 1.50. The predicted octanol–water partition coefficient (Wildman–Crippen LogP) is 1.27. The largest absolute Gasteiger partial charge is 0.341 e. The lowest BCUT2D eigenvalue weighted by Gasteiger charge is -2.15. The van der Waals surface area contributed by atoms with Gasteiger partial charge in [-0.05, 0) is 25.6 Å². The molecule has 0 bridgehead atoms. The quantitative estimate of drug-likeness (QED) is 0.754. The predicted molar refractivity (Wildman–Crippen MR) is 64.1 cm³/mol. The number of H-pyrrole nitrogens is 1. The maximum Gasteiger partial charge on any atom is 0.124 e. The van der Waals surface area contributed by atoms with Gasteiger partial charge in [0.05, 0.1) is 17.1 Å². The normalized spacial score (nSPS) is 26.6. The van der Waals surface area contributed by atoms with Gasteiger partial charge in [-0.25, -0.2) is 4.98 Å². The number of aromatic amines is 1. The summed E-state index contributed by atoms with van der Waals surface area (Å²) >= 11 is 0. The Kier molecular flexibility index (Phi) is 2.19. The van der Waals surface area contributed by atoms with Crippen LogP contribution in [0.5, 0.6) is 0 Å². The Hall–Kier alpha value is -1.39. The van der Waals surface area contributed by atoms with Crippen LogP contribution in [0.1, 0.15) is 18.3 Å². The zero-order valence-corrected chi connectivity index (χ0v) is 9.35. The number of hydrogen-bond donors (Lipinski definition) is 2. The summed E-state index contributed by atoms with van der Waals surface area (Å²) in [5.41, 5.74) is 8.10. The van der Waals surface area contributed by atoms with Gasteiger partial charge in [0.25, 0.3) is 0 Å². The van der Waals surface area contributed by atoms with Crippen LogP contribution in [0.4, 0.5) is 0 Å². The van der Waals surface area contributed by atoms with Gasteiger partial charge in [-0.2, -0.15) is 0 Å². The molecule has 0 aliphatic carbocycles. The Balaban J connectivity index is 2.00. The summed E-state index contributed by atoms with van der Waals surface area (Å²) in [7, 11) is 2.10. The lowest BCUT2D eigenvalue weighted by molar-refractivity contribution is 0.306. The van der Waals surface area contributed by atoms with E-state index in [1.165, 1.54) is 0 Å². The molecule has 16 heavy (non-hydrogen) atoms. The highest BCUT2D eigenvalue weighted by Gasteiger charge is 2.30. The van der Waals surface area contributed by atoms with Crippen LogP contribution in [-0.2, 0) is 0 Å². The van der Waals surface area contributed by atoms with Gasteiger partial charge in [0.1, 0.15) is 5.82 Å². The number of imidazole rings is 1. The molecule has 3 N–H and O–H groups in total. The monoisotopic (exact) mass is 216 g/mol. The first-order valence-electron chi connectivity index (χ1n) is 5.64. The molecule has 0 saturated carbocycles. The molecule has 1 saturated heterocycles. The minimum Gasteiger partial charge on any atom is -0.341 e. The van der Waals surface area contributed by atoms with E-state index in [2.05, 4.69) is 28.0 Å². The molecule has 1 aliphatic heterocycles. The van der Waals surface area contributed by atoms with E-state index < -0.39 is 0 Å². The Labute approximate surface area is 94.5 Å². The lowest BCUT2D eigenvalue weighted by atomic mass is 10.2. The molecular formula is C12H16N4. The van der Waals surface area contributed by atoms with Gasteiger partial charge in [0.2, 0.25) is 0 Å². The van der Waals surface area contributed by atoms with Gasteiger partial charge in [-0.15, -0.1) is 0 Å². The summed E-state index contributed by atoms with van der Waals surface area (Å²) in [5.74, 6) is 1.04. The number of likely N-dealkylation sites (tertiary alicyclic amines) is 1. The first kappa shape index (κ1) is 9.81. The molecule has 0 radical (unpaired) electrons. The number of hydrogen-bond acceptors (Lipinski definition) is 3. The number of fused-ring (bicyclic) bond motifs is 1. The lowest BCUT2D eigenvalue weighted by Crippen LogP contribution is -2.24. The van der Waals surface area contributed by atoms with Gasteiger partial charge >= 0.3 is 0 Å². The Morgan fingerprint density at radius 2 is 2.25 bits per heavy atom. The number of nitrogens with one attached hydrogen (secondary N) is 1. The number of nitrogens with two attached hydrogens (primary N) is 1. The topological polar surface area (TPSA) is 57.9 Å². The van der Waals surface area contributed by atoms with E-state index in [9.17, 15) is 0 Å². The van der Waals surface area contributed by atoms with Crippen molar-refractivity contribution in [1.82, 2.24) is 14.9 Å². The van der Waals surface area contributed by atoms with Gasteiger partial charge < -0.3 is 10.7 Å². The van der Waals surface area contributed by atoms with E-state index in [1.54, 1.807) is 0 Å². The van der Waals surface area contributed by atoms with Crippen molar-refractivity contribution in [2.45, 2.75) is 18.5 Å². The number of para-hydroxylation sites is 2. The average Bonchev–Trinajstić information content (AvgIpc) is 2.81. The highest BCUT2D eigenvalue weighted by Crippen LogP contribution is 2.29. The van der Waals surface area contributed by atoms with Gasteiger partial charge in [0.15, 0.2) is 0 Å². The van der Waals surface area contributed by atoms with Crippen molar-refractivity contribution in [2.24, 2.45) is 5.73 Å². The summed E-state index contributed by atoms with van der Waals surface area (Å²) in [6.07, 6.45) is 0.982. The number of rotatable bonds is 1. The van der Waals surface area contributed by atoms with Crippen LogP contribution in [0, 0.1) is 0 Å². The molecule has 1 aromatic heterocycles. The Morgan fingerprint density at radius 3 is 2.94 bits per heavy atom. The SMILES string of the molecule is CN1CC(N)CC1c1nc2ccccc2[nH]1. The first-order chi connectivity index (χ1) is 7.74. The minimum absolute atomic E-state index is 0.267. The molecule has 2 atom stereocenters. The molecule has 4 nitrogen and oxygen atoms in total. The van der Waals surface area contributed by atoms with Crippen LogP contribution in [0.3, 0.4) is 0 Å². The van der Waals surface area contributed by atoms with Gasteiger partial charge in [-0.1, -0.05) is 12.1 Å². The van der Waals surface area contributed by atoms with Crippen LogP contribution in [0.15, 0.2) is 24.3 Å². The van der Waals surface area contributed by atoms with Crippen LogP contribution < -0.4 is 5.73 Å². The molecule has 1 aromatic carbocycles. The minimum atomic E-state index is 0.267. The third-order valence-electron chi connectivity index (χ3n) is 3.30. The van der Waals surface area contributed by atoms with Crippen molar-refractivity contribution in [1.29, 1.82) is 0 Å². The van der Waals surface area contributed by atoms with E-state index in [1.807, 2.05) is 18.2 Å². The van der Waals surface area contributed by atoms with E-state index >= 15 is 0 Å². The second-order valence-electron chi connectivity index (χ2n) is 4.59. The maximum atomic E-state index is 5.96. The molecule has 4 heteroatoms. The molecule has 2 unspecified atom stereocenters. The number of nitrogens with zero attached hydrogens (tertiary/aromatic N) is 2. The Morgan fingerprint density at radius 1 is 1.44 bits per heavy atom. The van der Waals surface area contributed by atoms with Crippen LogP contribution in [-0.4, -0.2) is 34.5 Å². The highest BCUT2D eigenvalue weighted by atomic mass is 15.2. The van der Waals surface area contributed by atoms with Gasteiger partial charge in [-0.3, -0.25) is 4.90 Å². The zero-order valence-electron chi connectivity index (χ0n) is 9.35. The van der Waals surface area contributed by atoms with E-state index in [4.69, 9.17) is 5.73 Å². The molecule has 0 amide bonds. The molecule has 2 aromatic rings. The number of likely N-dealkylation sites (N-methyl/N-ethyl adjacent to an activating group) is 1. The van der Waals surface area contributed by atoms with E-state index in [0.29, 0.717) is 6.04 Å². The average molecular weight is 216 g/mol. The maximum absolute atomic E-state index is 5.96. The molecule has 3 rings (SSSR count). The van der Waals surface area contributed by atoms with Crippen molar-refractivity contribution in [2.75, 3.05) is 13.6 Å². The molecule has 1 aliphatic rings. The molecule has 84 valence electrons. The standard InChI is InChI=1S/C12H16N4/c1-16-7-8(13)6-11(16)12-14-9-4-2-3-5-10(9)15-12/h2-5,8,11H,6-7,13H2,1H3,(H,14,15). The fourth-order valence-electron chi connectivity index (χ4n) is 2.49. The molecule has 1 fully saturated rings. The van der Waals surface area contributed by atoms with Crippen LogP contribution in [0.25, 0.3) is 11.0 Å². The number of benzene rings is 1. The molecule has 2 heterocycles. The third-order valence-corrected chi connectivity index (χ3v) is 3.30. The fourth-order valence-corrected chi connectivity index (χ4v) is 2.49. The zero-order chi connectivity index (χ0) is 11.1. The Bertz CT molecular complexity index is 471. The van der Waals surface area contributed by atoms with Crippen molar-refractivity contribution in [3.63, 3.8) is 0 Å². The van der Waals surface area contributed by atoms with Crippen molar-refractivity contribution in [3.8, 4) is 0 Å². The smallest absolute Gasteiger partial charge is 0.124 e. The summed E-state index contributed by atoms with van der Waals surface area (Å²) in [6.45, 7) is 0.946. The van der Waals surface area contributed by atoms with Gasteiger partial charge in [0, 0.05) is 12.6 Å². The molecule has 0 spiro atoms. The summed E-state index contributed by atoms with van der Waals surface area (Å²) in [4.78, 5) is 10.3.